The fourth-order valence-electron chi connectivity index (χ4n) is 2.09. The Bertz CT molecular complexity index is 561. The van der Waals surface area contributed by atoms with Gasteiger partial charge in [0.25, 0.3) is 0 Å². The van der Waals surface area contributed by atoms with Crippen LogP contribution in [0.1, 0.15) is 30.5 Å². The predicted octanol–water partition coefficient (Wildman–Crippen LogP) is 3.12. The van der Waals surface area contributed by atoms with Crippen LogP contribution < -0.4 is 5.32 Å². The Morgan fingerprint density at radius 2 is 2.15 bits per heavy atom. The predicted molar refractivity (Wildman–Crippen MR) is 79.0 cm³/mol. The zero-order valence-electron chi connectivity index (χ0n) is 12.4. The van der Waals surface area contributed by atoms with Crippen molar-refractivity contribution in [3.05, 3.63) is 53.1 Å². The largest absolute Gasteiger partial charge is 0.312 e. The van der Waals surface area contributed by atoms with E-state index in [0.29, 0.717) is 18.0 Å². The van der Waals surface area contributed by atoms with Crippen molar-refractivity contribution in [1.29, 1.82) is 0 Å². The molecule has 0 amide bonds. The summed E-state index contributed by atoms with van der Waals surface area (Å²) in [5, 5.41) is 7.57. The number of hydrogen-bond acceptors (Lipinski definition) is 2. The number of rotatable bonds is 6. The van der Waals surface area contributed by atoms with E-state index in [1.54, 1.807) is 10.9 Å². The fourth-order valence-corrected chi connectivity index (χ4v) is 2.09. The van der Waals surface area contributed by atoms with Gasteiger partial charge in [0.15, 0.2) is 0 Å². The van der Waals surface area contributed by atoms with Gasteiger partial charge in [-0.15, -0.1) is 0 Å². The third-order valence-electron chi connectivity index (χ3n) is 3.09. The molecular formula is C16H22FN3. The van der Waals surface area contributed by atoms with E-state index < -0.39 is 0 Å². The van der Waals surface area contributed by atoms with Crippen molar-refractivity contribution < 1.29 is 4.39 Å². The Balaban J connectivity index is 2.04. The second-order valence-corrected chi connectivity index (χ2v) is 5.67. The van der Waals surface area contributed by atoms with Gasteiger partial charge in [0, 0.05) is 18.3 Å². The third kappa shape index (κ3) is 4.17. The minimum absolute atomic E-state index is 0.175. The highest BCUT2D eigenvalue weighted by atomic mass is 19.1. The van der Waals surface area contributed by atoms with Gasteiger partial charge in [0.05, 0.1) is 12.7 Å². The summed E-state index contributed by atoms with van der Waals surface area (Å²) in [7, 11) is 0. The van der Waals surface area contributed by atoms with E-state index in [1.165, 1.54) is 6.07 Å². The van der Waals surface area contributed by atoms with Crippen LogP contribution in [-0.2, 0) is 13.1 Å². The van der Waals surface area contributed by atoms with Gasteiger partial charge < -0.3 is 5.32 Å². The average Bonchev–Trinajstić information content (AvgIpc) is 2.78. The van der Waals surface area contributed by atoms with Gasteiger partial charge in [-0.2, -0.15) is 5.10 Å². The number of nitrogens with one attached hydrogen (secondary N) is 1. The van der Waals surface area contributed by atoms with Crippen molar-refractivity contribution in [3.8, 4) is 0 Å². The zero-order valence-corrected chi connectivity index (χ0v) is 12.4. The molecule has 0 spiro atoms. The normalized spacial score (nSPS) is 11.2. The minimum Gasteiger partial charge on any atom is -0.312 e. The molecule has 0 atom stereocenters. The molecule has 0 saturated heterocycles. The number of aromatic nitrogens is 2. The van der Waals surface area contributed by atoms with E-state index in [0.717, 1.165) is 24.2 Å². The van der Waals surface area contributed by atoms with Crippen molar-refractivity contribution in [2.45, 2.75) is 33.9 Å². The Morgan fingerprint density at radius 1 is 1.35 bits per heavy atom. The fraction of sp³-hybridized carbons (Fsp3) is 0.438. The molecule has 1 N–H and O–H groups in total. The van der Waals surface area contributed by atoms with Crippen molar-refractivity contribution in [2.24, 2.45) is 5.92 Å². The lowest BCUT2D eigenvalue weighted by atomic mass is 10.1. The van der Waals surface area contributed by atoms with Crippen molar-refractivity contribution >= 4 is 0 Å². The first-order valence-corrected chi connectivity index (χ1v) is 7.01. The van der Waals surface area contributed by atoms with Gasteiger partial charge in [-0.1, -0.05) is 19.9 Å². The van der Waals surface area contributed by atoms with Crippen molar-refractivity contribution in [2.75, 3.05) is 6.54 Å². The quantitative estimate of drug-likeness (QED) is 0.878. The monoisotopic (exact) mass is 275 g/mol. The molecule has 1 aromatic carbocycles. The van der Waals surface area contributed by atoms with Crippen LogP contribution in [0.25, 0.3) is 0 Å². The molecule has 0 aliphatic carbocycles. The third-order valence-corrected chi connectivity index (χ3v) is 3.09. The van der Waals surface area contributed by atoms with Crippen LogP contribution in [0.5, 0.6) is 0 Å². The van der Waals surface area contributed by atoms with Gasteiger partial charge in [-0.25, -0.2) is 4.39 Å². The molecule has 2 rings (SSSR count). The van der Waals surface area contributed by atoms with Crippen LogP contribution in [0, 0.1) is 18.7 Å². The lowest BCUT2D eigenvalue weighted by Gasteiger charge is -2.10. The molecule has 0 bridgehead atoms. The van der Waals surface area contributed by atoms with E-state index in [1.807, 2.05) is 25.3 Å². The Labute approximate surface area is 119 Å². The first kappa shape index (κ1) is 14.7. The van der Waals surface area contributed by atoms with Crippen LogP contribution in [0.4, 0.5) is 4.39 Å². The van der Waals surface area contributed by atoms with E-state index in [2.05, 4.69) is 24.3 Å². The average molecular weight is 275 g/mol. The highest BCUT2D eigenvalue weighted by Gasteiger charge is 2.06. The summed E-state index contributed by atoms with van der Waals surface area (Å²) in [6.45, 7) is 8.52. The maximum Gasteiger partial charge on any atom is 0.128 e. The highest BCUT2D eigenvalue weighted by molar-refractivity contribution is 5.25. The lowest BCUT2D eigenvalue weighted by molar-refractivity contribution is 0.549. The summed E-state index contributed by atoms with van der Waals surface area (Å²) in [4.78, 5) is 0. The van der Waals surface area contributed by atoms with Crippen LogP contribution in [0.2, 0.25) is 0 Å². The SMILES string of the molecule is Cc1cnn(Cc2cc(CNCC(C)C)ccc2F)c1. The molecule has 2 aromatic rings. The van der Waals surface area contributed by atoms with Gasteiger partial charge in [-0.3, -0.25) is 4.68 Å². The molecule has 1 heterocycles. The summed E-state index contributed by atoms with van der Waals surface area (Å²) < 4.78 is 15.6. The molecule has 20 heavy (non-hydrogen) atoms. The number of halogens is 1. The first-order chi connectivity index (χ1) is 9.54. The molecule has 0 unspecified atom stereocenters. The van der Waals surface area contributed by atoms with Gasteiger partial charge in [-0.05, 0) is 42.6 Å². The Morgan fingerprint density at radius 3 is 2.80 bits per heavy atom. The number of aryl methyl sites for hydroxylation is 1. The summed E-state index contributed by atoms with van der Waals surface area (Å²) in [6, 6.07) is 5.29. The second kappa shape index (κ2) is 6.66. The van der Waals surface area contributed by atoms with Crippen molar-refractivity contribution in [1.82, 2.24) is 15.1 Å². The molecule has 0 radical (unpaired) electrons. The summed E-state index contributed by atoms with van der Waals surface area (Å²) in [5.74, 6) is 0.438. The summed E-state index contributed by atoms with van der Waals surface area (Å²) >= 11 is 0. The van der Waals surface area contributed by atoms with Gasteiger partial charge in [0.1, 0.15) is 5.82 Å². The second-order valence-electron chi connectivity index (χ2n) is 5.67. The van der Waals surface area contributed by atoms with Gasteiger partial charge in [0.2, 0.25) is 0 Å². The number of hydrogen-bond donors (Lipinski definition) is 1. The summed E-state index contributed by atoms with van der Waals surface area (Å²) in [6.07, 6.45) is 3.70. The lowest BCUT2D eigenvalue weighted by Crippen LogP contribution is -2.19. The molecule has 3 nitrogen and oxygen atoms in total. The number of benzene rings is 1. The van der Waals surface area contributed by atoms with Crippen LogP contribution >= 0.6 is 0 Å². The molecule has 0 saturated carbocycles. The molecule has 1 aromatic heterocycles. The number of nitrogens with zero attached hydrogens (tertiary/aromatic N) is 2. The molecule has 108 valence electrons. The maximum atomic E-state index is 13.9. The molecule has 0 fully saturated rings. The maximum absolute atomic E-state index is 13.9. The minimum atomic E-state index is -0.175. The van der Waals surface area contributed by atoms with E-state index in [4.69, 9.17) is 0 Å². The standard InChI is InChI=1S/C16H22FN3/c1-12(2)7-18-9-14-4-5-16(17)15(6-14)11-20-10-13(3)8-19-20/h4-6,8,10,12,18H,7,9,11H2,1-3H3. The van der Waals surface area contributed by atoms with E-state index >= 15 is 0 Å². The molecule has 0 aliphatic heterocycles. The van der Waals surface area contributed by atoms with Crippen LogP contribution in [-0.4, -0.2) is 16.3 Å². The molecular weight excluding hydrogens is 253 g/mol. The smallest absolute Gasteiger partial charge is 0.128 e. The molecule has 4 heteroatoms. The van der Waals surface area contributed by atoms with Crippen molar-refractivity contribution in [3.63, 3.8) is 0 Å². The van der Waals surface area contributed by atoms with E-state index in [9.17, 15) is 4.39 Å². The Kier molecular flexibility index (Phi) is 4.90. The summed E-state index contributed by atoms with van der Waals surface area (Å²) in [5.41, 5.74) is 2.86. The van der Waals surface area contributed by atoms with Crippen LogP contribution in [0.15, 0.2) is 30.6 Å². The van der Waals surface area contributed by atoms with Gasteiger partial charge >= 0.3 is 0 Å². The topological polar surface area (TPSA) is 29.9 Å². The van der Waals surface area contributed by atoms with Crippen LogP contribution in [0.3, 0.4) is 0 Å². The first-order valence-electron chi connectivity index (χ1n) is 7.01. The van der Waals surface area contributed by atoms with E-state index in [-0.39, 0.29) is 5.82 Å². The molecule has 0 aliphatic rings. The zero-order chi connectivity index (χ0) is 14.5. The highest BCUT2D eigenvalue weighted by Crippen LogP contribution is 2.12. The Hall–Kier alpha value is -1.68.